The Balaban J connectivity index is 2.63. The Morgan fingerprint density at radius 2 is 2.06 bits per heavy atom. The lowest BCUT2D eigenvalue weighted by Gasteiger charge is -2.13. The second-order valence-corrected chi connectivity index (χ2v) is 4.84. The van der Waals surface area contributed by atoms with Gasteiger partial charge in [0.2, 0.25) is 0 Å². The molecule has 0 spiro atoms. The first-order valence-electron chi connectivity index (χ1n) is 5.96. The molecule has 3 heteroatoms. The summed E-state index contributed by atoms with van der Waals surface area (Å²) in [6, 6.07) is 6.17. The molecule has 1 unspecified atom stereocenters. The number of hydrogen-bond acceptors (Lipinski definition) is 1. The van der Waals surface area contributed by atoms with Gasteiger partial charge in [0, 0.05) is 0 Å². The number of aliphatic carboxylic acids is 1. The lowest BCUT2D eigenvalue weighted by atomic mass is 9.92. The van der Waals surface area contributed by atoms with Crippen LogP contribution in [0.5, 0.6) is 0 Å². The van der Waals surface area contributed by atoms with Crippen LogP contribution in [0.1, 0.15) is 32.3 Å². The summed E-state index contributed by atoms with van der Waals surface area (Å²) in [7, 11) is 0. The Bertz CT molecular complexity index is 374. The van der Waals surface area contributed by atoms with E-state index in [2.05, 4.69) is 13.8 Å². The third-order valence-corrected chi connectivity index (χ3v) is 2.81. The first kappa shape index (κ1) is 13.7. The molecule has 0 radical (unpaired) electrons. The number of carbonyl (C=O) groups is 1. The Hall–Kier alpha value is -1.38. The summed E-state index contributed by atoms with van der Waals surface area (Å²) in [5.41, 5.74) is 0.751. The molecule has 0 fully saturated rings. The van der Waals surface area contributed by atoms with Crippen molar-refractivity contribution in [1.29, 1.82) is 0 Å². The van der Waals surface area contributed by atoms with Crippen molar-refractivity contribution in [2.45, 2.75) is 33.1 Å². The summed E-state index contributed by atoms with van der Waals surface area (Å²) >= 11 is 0. The molecule has 0 heterocycles. The van der Waals surface area contributed by atoms with E-state index in [0.29, 0.717) is 18.8 Å². The molecule has 1 rings (SSSR count). The summed E-state index contributed by atoms with van der Waals surface area (Å²) in [4.78, 5) is 11.1. The van der Waals surface area contributed by atoms with Gasteiger partial charge in [0.1, 0.15) is 5.82 Å². The fourth-order valence-electron chi connectivity index (χ4n) is 1.80. The van der Waals surface area contributed by atoms with E-state index in [1.54, 1.807) is 12.1 Å². The average Bonchev–Trinajstić information content (AvgIpc) is 2.23. The van der Waals surface area contributed by atoms with Gasteiger partial charge in [-0.25, -0.2) is 4.39 Å². The lowest BCUT2D eigenvalue weighted by Crippen LogP contribution is -2.17. The average molecular weight is 238 g/mol. The van der Waals surface area contributed by atoms with Gasteiger partial charge < -0.3 is 5.11 Å². The zero-order valence-electron chi connectivity index (χ0n) is 10.3. The highest BCUT2D eigenvalue weighted by atomic mass is 19.1. The molecule has 0 aromatic heterocycles. The third kappa shape index (κ3) is 4.98. The van der Waals surface area contributed by atoms with Crippen molar-refractivity contribution < 1.29 is 14.3 Å². The molecule has 0 saturated heterocycles. The highest BCUT2D eigenvalue weighted by Gasteiger charge is 2.18. The van der Waals surface area contributed by atoms with Crippen molar-refractivity contribution in [3.05, 3.63) is 35.6 Å². The van der Waals surface area contributed by atoms with Crippen LogP contribution < -0.4 is 0 Å². The van der Waals surface area contributed by atoms with Crippen LogP contribution >= 0.6 is 0 Å². The first-order chi connectivity index (χ1) is 7.99. The second-order valence-electron chi connectivity index (χ2n) is 4.84. The van der Waals surface area contributed by atoms with Gasteiger partial charge in [-0.3, -0.25) is 4.79 Å². The van der Waals surface area contributed by atoms with E-state index >= 15 is 0 Å². The van der Waals surface area contributed by atoms with Crippen LogP contribution in [0.2, 0.25) is 0 Å². The van der Waals surface area contributed by atoms with Gasteiger partial charge in [-0.1, -0.05) is 32.4 Å². The van der Waals surface area contributed by atoms with E-state index in [1.807, 2.05) is 0 Å². The SMILES string of the molecule is CC(C)CCC(Cc1cccc(F)c1)C(=O)O. The van der Waals surface area contributed by atoms with Crippen molar-refractivity contribution in [2.24, 2.45) is 11.8 Å². The van der Waals surface area contributed by atoms with Crippen molar-refractivity contribution in [2.75, 3.05) is 0 Å². The molecule has 0 aliphatic carbocycles. The highest BCUT2D eigenvalue weighted by molar-refractivity contribution is 5.70. The second kappa shape index (κ2) is 6.38. The molecule has 2 nitrogen and oxygen atoms in total. The van der Waals surface area contributed by atoms with Gasteiger partial charge in [0.05, 0.1) is 5.92 Å². The van der Waals surface area contributed by atoms with E-state index in [9.17, 15) is 9.18 Å². The molecule has 1 atom stereocenters. The summed E-state index contributed by atoms with van der Waals surface area (Å²) < 4.78 is 13.0. The van der Waals surface area contributed by atoms with E-state index in [-0.39, 0.29) is 5.82 Å². The molecule has 1 aromatic carbocycles. The predicted molar refractivity (Wildman–Crippen MR) is 65.3 cm³/mol. The molecule has 94 valence electrons. The zero-order valence-corrected chi connectivity index (χ0v) is 10.3. The zero-order chi connectivity index (χ0) is 12.8. The number of benzene rings is 1. The third-order valence-electron chi connectivity index (χ3n) is 2.81. The molecule has 0 amide bonds. The first-order valence-corrected chi connectivity index (χ1v) is 5.96. The molecule has 0 aliphatic rings. The molecule has 0 bridgehead atoms. The Labute approximate surface area is 101 Å². The van der Waals surface area contributed by atoms with Crippen LogP contribution in [0.3, 0.4) is 0 Å². The quantitative estimate of drug-likeness (QED) is 0.823. The lowest BCUT2D eigenvalue weighted by molar-refractivity contribution is -0.142. The number of halogens is 1. The van der Waals surface area contributed by atoms with Crippen molar-refractivity contribution in [3.8, 4) is 0 Å². The summed E-state index contributed by atoms with van der Waals surface area (Å²) in [5.74, 6) is -1.03. The Kier molecular flexibility index (Phi) is 5.13. The maximum absolute atomic E-state index is 13.0. The van der Waals surface area contributed by atoms with Crippen molar-refractivity contribution in [1.82, 2.24) is 0 Å². The number of carboxylic acid groups (broad SMARTS) is 1. The van der Waals surface area contributed by atoms with Crippen LogP contribution in [-0.2, 0) is 11.2 Å². The van der Waals surface area contributed by atoms with Crippen LogP contribution in [0.25, 0.3) is 0 Å². The molecular formula is C14H19FO2. The minimum Gasteiger partial charge on any atom is -0.481 e. The molecule has 17 heavy (non-hydrogen) atoms. The standard InChI is InChI=1S/C14H19FO2/c1-10(2)6-7-12(14(16)17)8-11-4-3-5-13(15)9-11/h3-5,9-10,12H,6-8H2,1-2H3,(H,16,17). The van der Waals surface area contributed by atoms with Crippen molar-refractivity contribution in [3.63, 3.8) is 0 Å². The van der Waals surface area contributed by atoms with Gasteiger partial charge >= 0.3 is 5.97 Å². The fraction of sp³-hybridized carbons (Fsp3) is 0.500. The summed E-state index contributed by atoms with van der Waals surface area (Å²) in [6.45, 7) is 4.14. The van der Waals surface area contributed by atoms with Gasteiger partial charge in [-0.15, -0.1) is 0 Å². The molecule has 1 aromatic rings. The molecular weight excluding hydrogens is 219 g/mol. The van der Waals surface area contributed by atoms with E-state index in [4.69, 9.17) is 5.11 Å². The van der Waals surface area contributed by atoms with Crippen molar-refractivity contribution >= 4 is 5.97 Å². The van der Waals surface area contributed by atoms with Gasteiger partial charge in [0.15, 0.2) is 0 Å². The van der Waals surface area contributed by atoms with Crippen LogP contribution in [0.15, 0.2) is 24.3 Å². The fourth-order valence-corrected chi connectivity index (χ4v) is 1.80. The molecule has 0 saturated carbocycles. The predicted octanol–water partition coefficient (Wildman–Crippen LogP) is 3.51. The Morgan fingerprint density at radius 1 is 1.35 bits per heavy atom. The van der Waals surface area contributed by atoms with Crippen LogP contribution in [0.4, 0.5) is 4.39 Å². The van der Waals surface area contributed by atoms with E-state index in [1.165, 1.54) is 12.1 Å². The maximum atomic E-state index is 13.0. The summed E-state index contributed by atoms with van der Waals surface area (Å²) in [5, 5.41) is 9.12. The van der Waals surface area contributed by atoms with Crippen LogP contribution in [-0.4, -0.2) is 11.1 Å². The number of carboxylic acids is 1. The topological polar surface area (TPSA) is 37.3 Å². The van der Waals surface area contributed by atoms with Gasteiger partial charge in [0.25, 0.3) is 0 Å². The van der Waals surface area contributed by atoms with E-state index < -0.39 is 11.9 Å². The Morgan fingerprint density at radius 3 is 2.59 bits per heavy atom. The largest absolute Gasteiger partial charge is 0.481 e. The summed E-state index contributed by atoms with van der Waals surface area (Å²) in [6.07, 6.45) is 1.93. The minimum atomic E-state index is -0.796. The van der Waals surface area contributed by atoms with E-state index in [0.717, 1.165) is 12.0 Å². The smallest absolute Gasteiger partial charge is 0.306 e. The van der Waals surface area contributed by atoms with Gasteiger partial charge in [-0.05, 0) is 36.5 Å². The molecule has 1 N–H and O–H groups in total. The molecule has 0 aliphatic heterocycles. The highest BCUT2D eigenvalue weighted by Crippen LogP contribution is 2.18. The number of hydrogen-bond donors (Lipinski definition) is 1. The maximum Gasteiger partial charge on any atom is 0.306 e. The normalized spacial score (nSPS) is 12.7. The van der Waals surface area contributed by atoms with Gasteiger partial charge in [-0.2, -0.15) is 0 Å². The van der Waals surface area contributed by atoms with Crippen LogP contribution in [0, 0.1) is 17.7 Å². The number of rotatable bonds is 6. The monoisotopic (exact) mass is 238 g/mol. The minimum absolute atomic E-state index is 0.310.